The largest absolute Gasteiger partial charge is 0.497 e. The summed E-state index contributed by atoms with van der Waals surface area (Å²) in [5, 5.41) is 6.73. The van der Waals surface area contributed by atoms with E-state index in [1.807, 2.05) is 31.2 Å². The van der Waals surface area contributed by atoms with Crippen molar-refractivity contribution in [3.63, 3.8) is 0 Å². The lowest BCUT2D eigenvalue weighted by Gasteiger charge is -2.40. The first-order valence-electron chi connectivity index (χ1n) is 9.92. The Hall–Kier alpha value is -1.95. The summed E-state index contributed by atoms with van der Waals surface area (Å²) in [5.74, 6) is 2.45. The van der Waals surface area contributed by atoms with Gasteiger partial charge >= 0.3 is 0 Å². The molecule has 0 aliphatic heterocycles. The topological polar surface area (TPSA) is 64.1 Å². The molecule has 0 heterocycles. The summed E-state index contributed by atoms with van der Waals surface area (Å²) >= 11 is 0. The first kappa shape index (κ1) is 21.4. The minimum absolute atomic E-state index is 0.00659. The Balaban J connectivity index is 1.85. The van der Waals surface area contributed by atoms with Crippen LogP contribution in [0.5, 0.6) is 11.5 Å². The van der Waals surface area contributed by atoms with Crippen LogP contribution in [0.15, 0.2) is 29.3 Å². The lowest BCUT2D eigenvalue weighted by molar-refractivity contribution is 0.0778. The van der Waals surface area contributed by atoms with E-state index in [2.05, 4.69) is 17.6 Å². The molecule has 1 aliphatic rings. The van der Waals surface area contributed by atoms with Crippen LogP contribution in [-0.2, 0) is 4.74 Å². The van der Waals surface area contributed by atoms with Gasteiger partial charge in [-0.05, 0) is 50.7 Å². The average molecular weight is 378 g/mol. The number of rotatable bonds is 11. The monoisotopic (exact) mass is 377 g/mol. The fourth-order valence-corrected chi connectivity index (χ4v) is 3.26. The zero-order valence-corrected chi connectivity index (χ0v) is 17.2. The first-order valence-corrected chi connectivity index (χ1v) is 9.92. The zero-order chi connectivity index (χ0) is 19.5. The van der Waals surface area contributed by atoms with E-state index in [4.69, 9.17) is 19.2 Å². The number of aliphatic imine (C=N–C) groups is 1. The lowest BCUT2D eigenvalue weighted by atomic mass is 9.67. The molecular weight excluding hydrogens is 342 g/mol. The van der Waals surface area contributed by atoms with Gasteiger partial charge < -0.3 is 24.8 Å². The van der Waals surface area contributed by atoms with Gasteiger partial charge in [-0.1, -0.05) is 12.5 Å². The fraction of sp³-hybridized carbons (Fsp3) is 0.667. The van der Waals surface area contributed by atoms with E-state index in [9.17, 15) is 0 Å². The van der Waals surface area contributed by atoms with E-state index in [-0.39, 0.29) is 6.10 Å². The molecule has 1 fully saturated rings. The van der Waals surface area contributed by atoms with Crippen LogP contribution in [-0.4, -0.2) is 52.5 Å². The molecule has 0 amide bonds. The quantitative estimate of drug-likeness (QED) is 0.458. The van der Waals surface area contributed by atoms with Crippen molar-refractivity contribution in [2.75, 3.05) is 40.5 Å². The molecule has 1 atom stereocenters. The highest BCUT2D eigenvalue weighted by Crippen LogP contribution is 2.44. The molecule has 6 heteroatoms. The minimum Gasteiger partial charge on any atom is -0.497 e. The minimum atomic E-state index is 0.00659. The Morgan fingerprint density at radius 1 is 1.22 bits per heavy atom. The molecule has 0 spiro atoms. The molecule has 1 aromatic rings. The molecule has 1 aromatic carbocycles. The maximum atomic E-state index is 5.97. The number of ether oxygens (including phenoxy) is 3. The van der Waals surface area contributed by atoms with Gasteiger partial charge in [0, 0.05) is 32.9 Å². The van der Waals surface area contributed by atoms with E-state index in [1.54, 1.807) is 14.2 Å². The van der Waals surface area contributed by atoms with Crippen LogP contribution >= 0.6 is 0 Å². The molecule has 152 valence electrons. The van der Waals surface area contributed by atoms with Crippen LogP contribution in [0.3, 0.4) is 0 Å². The van der Waals surface area contributed by atoms with E-state index in [1.165, 1.54) is 19.3 Å². The van der Waals surface area contributed by atoms with E-state index in [0.717, 1.165) is 43.6 Å². The summed E-state index contributed by atoms with van der Waals surface area (Å²) in [6.45, 7) is 7.29. The third-order valence-corrected chi connectivity index (χ3v) is 5.10. The van der Waals surface area contributed by atoms with Crippen molar-refractivity contribution in [1.82, 2.24) is 10.6 Å². The van der Waals surface area contributed by atoms with Crippen LogP contribution in [0.4, 0.5) is 0 Å². The van der Waals surface area contributed by atoms with E-state index >= 15 is 0 Å². The molecule has 2 rings (SSSR count). The Morgan fingerprint density at radius 3 is 2.63 bits per heavy atom. The van der Waals surface area contributed by atoms with Crippen molar-refractivity contribution >= 4 is 5.96 Å². The Morgan fingerprint density at radius 2 is 2.00 bits per heavy atom. The Labute approximate surface area is 163 Å². The number of hydrogen-bond acceptors (Lipinski definition) is 4. The molecule has 1 unspecified atom stereocenters. The van der Waals surface area contributed by atoms with Crippen molar-refractivity contribution < 1.29 is 14.2 Å². The van der Waals surface area contributed by atoms with Gasteiger partial charge in [0.05, 0.1) is 13.7 Å². The lowest BCUT2D eigenvalue weighted by Crippen LogP contribution is -2.43. The number of benzene rings is 1. The highest BCUT2D eigenvalue weighted by Gasteiger charge is 2.36. The average Bonchev–Trinajstić information content (AvgIpc) is 2.65. The van der Waals surface area contributed by atoms with Gasteiger partial charge in [0.1, 0.15) is 17.6 Å². The molecule has 0 saturated heterocycles. The summed E-state index contributed by atoms with van der Waals surface area (Å²) in [7, 11) is 3.43. The van der Waals surface area contributed by atoms with Crippen LogP contribution in [0.2, 0.25) is 0 Å². The van der Waals surface area contributed by atoms with Crippen molar-refractivity contribution in [3.8, 4) is 11.5 Å². The smallest absolute Gasteiger partial charge is 0.191 e. The molecule has 1 saturated carbocycles. The molecule has 0 radical (unpaired) electrons. The summed E-state index contributed by atoms with van der Waals surface area (Å²) in [4.78, 5) is 4.83. The van der Waals surface area contributed by atoms with Crippen LogP contribution in [0.25, 0.3) is 0 Å². The van der Waals surface area contributed by atoms with Crippen molar-refractivity contribution in [2.45, 2.75) is 45.6 Å². The van der Waals surface area contributed by atoms with E-state index < -0.39 is 0 Å². The molecule has 2 N–H and O–H groups in total. The Bertz CT molecular complexity index is 588. The third kappa shape index (κ3) is 6.94. The Kier molecular flexibility index (Phi) is 8.72. The number of nitrogens with one attached hydrogen (secondary N) is 2. The second-order valence-electron chi connectivity index (χ2n) is 7.28. The number of nitrogens with zero attached hydrogens (tertiary/aromatic N) is 1. The van der Waals surface area contributed by atoms with Gasteiger partial charge in [0.2, 0.25) is 0 Å². The van der Waals surface area contributed by atoms with Crippen molar-refractivity contribution in [3.05, 3.63) is 24.3 Å². The molecule has 1 aliphatic carbocycles. The van der Waals surface area contributed by atoms with E-state index in [0.29, 0.717) is 12.0 Å². The van der Waals surface area contributed by atoms with Crippen LogP contribution in [0.1, 0.15) is 39.5 Å². The maximum absolute atomic E-state index is 5.97. The predicted molar refractivity (Wildman–Crippen MR) is 110 cm³/mol. The van der Waals surface area contributed by atoms with Crippen molar-refractivity contribution in [2.24, 2.45) is 10.4 Å². The molecule has 27 heavy (non-hydrogen) atoms. The molecular formula is C21H35N3O3. The van der Waals surface area contributed by atoms with Gasteiger partial charge in [-0.2, -0.15) is 0 Å². The van der Waals surface area contributed by atoms with Gasteiger partial charge in [0.25, 0.3) is 0 Å². The maximum Gasteiger partial charge on any atom is 0.191 e. The second kappa shape index (κ2) is 11.0. The second-order valence-corrected chi connectivity index (χ2v) is 7.28. The molecule has 0 aromatic heterocycles. The van der Waals surface area contributed by atoms with Crippen molar-refractivity contribution in [1.29, 1.82) is 0 Å². The highest BCUT2D eigenvalue weighted by molar-refractivity contribution is 5.79. The van der Waals surface area contributed by atoms with Crippen LogP contribution < -0.4 is 20.1 Å². The highest BCUT2D eigenvalue weighted by atomic mass is 16.5. The van der Waals surface area contributed by atoms with Gasteiger partial charge in [-0.25, -0.2) is 0 Å². The summed E-state index contributed by atoms with van der Waals surface area (Å²) < 4.78 is 16.5. The third-order valence-electron chi connectivity index (χ3n) is 5.10. The van der Waals surface area contributed by atoms with Gasteiger partial charge in [-0.15, -0.1) is 0 Å². The number of guanidine groups is 1. The summed E-state index contributed by atoms with van der Waals surface area (Å²) in [6.07, 6.45) is 4.88. The normalized spacial score (nSPS) is 17.0. The SMILES string of the molecule is CCNC(=NCC1(CCOC)CCC1)NCC(C)Oc1cccc(OC)c1. The number of methoxy groups -OCH3 is 2. The molecule has 6 nitrogen and oxygen atoms in total. The van der Waals surface area contributed by atoms with Crippen LogP contribution in [0, 0.1) is 5.41 Å². The fourth-order valence-electron chi connectivity index (χ4n) is 3.26. The summed E-state index contributed by atoms with van der Waals surface area (Å²) in [6, 6.07) is 7.67. The predicted octanol–water partition coefficient (Wildman–Crippen LogP) is 3.22. The standard InChI is InChI=1S/C21H35N3O3/c1-5-22-20(24-16-21(10-7-11-21)12-13-25-3)23-15-17(2)27-19-9-6-8-18(14-19)26-4/h6,8-9,14,17H,5,7,10-13,15-16H2,1-4H3,(H2,22,23,24). The molecule has 0 bridgehead atoms. The van der Waals surface area contributed by atoms with Gasteiger partial charge in [-0.3, -0.25) is 4.99 Å². The summed E-state index contributed by atoms with van der Waals surface area (Å²) in [5.41, 5.74) is 0.321. The first-order chi connectivity index (χ1) is 13.1. The number of hydrogen-bond donors (Lipinski definition) is 2. The zero-order valence-electron chi connectivity index (χ0n) is 17.2. The van der Waals surface area contributed by atoms with Gasteiger partial charge in [0.15, 0.2) is 5.96 Å².